The van der Waals surface area contributed by atoms with Crippen molar-refractivity contribution in [2.75, 3.05) is 0 Å². The summed E-state index contributed by atoms with van der Waals surface area (Å²) in [7, 11) is 0. The van der Waals surface area contributed by atoms with Crippen LogP contribution in [0.3, 0.4) is 0 Å². The summed E-state index contributed by atoms with van der Waals surface area (Å²) in [5.74, 6) is 4.92. The van der Waals surface area contributed by atoms with Gasteiger partial charge in [-0.1, -0.05) is 149 Å². The van der Waals surface area contributed by atoms with Gasteiger partial charge in [0.2, 0.25) is 0 Å². The Hall–Kier alpha value is -5.41. The molecule has 2 fully saturated rings. The molecular weight excluding hydrogens is 655 g/mol. The molecule has 264 valence electrons. The van der Waals surface area contributed by atoms with Gasteiger partial charge in [-0.25, -0.2) is 15.0 Å². The highest BCUT2D eigenvalue weighted by molar-refractivity contribution is 5.99. The van der Waals surface area contributed by atoms with Crippen LogP contribution in [0.4, 0.5) is 0 Å². The van der Waals surface area contributed by atoms with Gasteiger partial charge in [0, 0.05) is 27.5 Å². The molecule has 0 saturated heterocycles. The van der Waals surface area contributed by atoms with Gasteiger partial charge >= 0.3 is 0 Å². The van der Waals surface area contributed by atoms with E-state index in [1.54, 1.807) is 5.56 Å². The number of hydrogen-bond donors (Lipinski definition) is 0. The molecule has 3 heteroatoms. The molecule has 0 radical (unpaired) electrons. The van der Waals surface area contributed by atoms with E-state index in [0.717, 1.165) is 40.2 Å². The molecule has 1 aromatic heterocycles. The van der Waals surface area contributed by atoms with Crippen LogP contribution >= 0.6 is 0 Å². The first kappa shape index (κ1) is 32.1. The Balaban J connectivity index is 1.14. The normalized spacial score (nSPS) is 24.2. The molecule has 1 spiro atoms. The fourth-order valence-electron chi connectivity index (χ4n) is 12.0. The number of fused-ring (bicyclic) bond motifs is 13. The van der Waals surface area contributed by atoms with Crippen LogP contribution in [0.15, 0.2) is 127 Å². The van der Waals surface area contributed by atoms with Crippen molar-refractivity contribution in [1.82, 2.24) is 15.0 Å². The van der Waals surface area contributed by atoms with E-state index in [2.05, 4.69) is 155 Å². The lowest BCUT2D eigenvalue weighted by Gasteiger charge is -2.54. The fourth-order valence-corrected chi connectivity index (χ4v) is 12.0. The van der Waals surface area contributed by atoms with Crippen LogP contribution in [0.1, 0.15) is 75.6 Å². The monoisotopic (exact) mass is 699 g/mol. The van der Waals surface area contributed by atoms with E-state index in [-0.39, 0.29) is 10.8 Å². The fraction of sp³-hybridized carbons (Fsp3) is 0.275. The van der Waals surface area contributed by atoms with Crippen LogP contribution in [0.5, 0.6) is 0 Å². The molecule has 0 aliphatic heterocycles. The zero-order valence-corrected chi connectivity index (χ0v) is 31.6. The molecule has 2 bridgehead atoms. The predicted molar refractivity (Wildman–Crippen MR) is 221 cm³/mol. The minimum absolute atomic E-state index is 0.000509. The maximum Gasteiger partial charge on any atom is 0.164 e. The molecule has 6 aromatic carbocycles. The van der Waals surface area contributed by atoms with Crippen molar-refractivity contribution in [3.63, 3.8) is 0 Å². The first-order chi connectivity index (χ1) is 26.3. The maximum absolute atomic E-state index is 5.39. The Kier molecular flexibility index (Phi) is 6.85. The Morgan fingerprint density at radius 2 is 1.24 bits per heavy atom. The van der Waals surface area contributed by atoms with Gasteiger partial charge in [0.25, 0.3) is 0 Å². The van der Waals surface area contributed by atoms with Gasteiger partial charge in [0.15, 0.2) is 17.5 Å². The van der Waals surface area contributed by atoms with Gasteiger partial charge in [-0.15, -0.1) is 0 Å². The summed E-state index contributed by atoms with van der Waals surface area (Å²) >= 11 is 0. The van der Waals surface area contributed by atoms with E-state index in [4.69, 9.17) is 15.0 Å². The standard InChI is InChI=1S/C51H45N3/c1-30-25-32-27-31(2)51(36(26-30)28-32)43-24-22-35(29-41(43)38-23-21-33-13-8-9-16-37(33)46(38)51)48-52-47(34-14-6-5-7-15-34)53-49(54-48)40-18-12-20-44-45(40)39-17-10-11-19-42(39)50(44,3)4/h5-24,29-32,36H,25-28H2,1-4H3. The molecule has 5 unspecified atom stereocenters. The van der Waals surface area contributed by atoms with Crippen LogP contribution in [-0.4, -0.2) is 15.0 Å². The number of hydrogen-bond acceptors (Lipinski definition) is 3. The summed E-state index contributed by atoms with van der Waals surface area (Å²) in [6.45, 7) is 9.71. The van der Waals surface area contributed by atoms with Gasteiger partial charge in [0.05, 0.1) is 0 Å². The summed E-state index contributed by atoms with van der Waals surface area (Å²) in [4.78, 5) is 15.9. The summed E-state index contributed by atoms with van der Waals surface area (Å²) in [5.41, 5.74) is 14.0. The third-order valence-corrected chi connectivity index (χ3v) is 14.0. The van der Waals surface area contributed by atoms with Crippen molar-refractivity contribution in [2.24, 2.45) is 23.7 Å². The third kappa shape index (κ3) is 4.39. The molecule has 2 saturated carbocycles. The average molecular weight is 700 g/mol. The van der Waals surface area contributed by atoms with Gasteiger partial charge in [-0.05, 0) is 111 Å². The van der Waals surface area contributed by atoms with Crippen LogP contribution in [0, 0.1) is 23.7 Å². The second kappa shape index (κ2) is 11.5. The predicted octanol–water partition coefficient (Wildman–Crippen LogP) is 12.7. The second-order valence-corrected chi connectivity index (χ2v) is 17.4. The number of nitrogens with zero attached hydrogens (tertiary/aromatic N) is 3. The maximum atomic E-state index is 5.39. The van der Waals surface area contributed by atoms with E-state index >= 15 is 0 Å². The molecule has 4 aliphatic carbocycles. The average Bonchev–Trinajstić information content (AvgIpc) is 3.63. The lowest BCUT2D eigenvalue weighted by molar-refractivity contribution is 0.0433. The van der Waals surface area contributed by atoms with Crippen LogP contribution in [0.25, 0.3) is 67.2 Å². The first-order valence-corrected chi connectivity index (χ1v) is 20.0. The first-order valence-electron chi connectivity index (χ1n) is 20.0. The Labute approximate surface area is 318 Å². The molecule has 11 rings (SSSR count). The van der Waals surface area contributed by atoms with E-state index < -0.39 is 0 Å². The molecule has 7 aromatic rings. The zero-order chi connectivity index (χ0) is 36.3. The minimum atomic E-state index is -0.111. The number of benzene rings is 6. The van der Waals surface area contributed by atoms with E-state index in [1.807, 2.05) is 0 Å². The van der Waals surface area contributed by atoms with Crippen molar-refractivity contribution in [3.8, 4) is 56.4 Å². The van der Waals surface area contributed by atoms with Crippen molar-refractivity contribution >= 4 is 10.8 Å². The van der Waals surface area contributed by atoms with E-state index in [1.165, 1.54) is 75.4 Å². The smallest absolute Gasteiger partial charge is 0.164 e. The Morgan fingerprint density at radius 1 is 0.519 bits per heavy atom. The quantitative estimate of drug-likeness (QED) is 0.184. The second-order valence-electron chi connectivity index (χ2n) is 17.4. The van der Waals surface area contributed by atoms with Crippen molar-refractivity contribution < 1.29 is 0 Å². The Morgan fingerprint density at radius 3 is 2.11 bits per heavy atom. The molecule has 3 nitrogen and oxygen atoms in total. The van der Waals surface area contributed by atoms with Crippen LogP contribution in [0.2, 0.25) is 0 Å². The third-order valence-electron chi connectivity index (χ3n) is 14.0. The van der Waals surface area contributed by atoms with E-state index in [9.17, 15) is 0 Å². The molecule has 4 aliphatic rings. The zero-order valence-electron chi connectivity index (χ0n) is 31.6. The summed E-state index contributed by atoms with van der Waals surface area (Å²) < 4.78 is 0. The van der Waals surface area contributed by atoms with Crippen molar-refractivity contribution in [1.29, 1.82) is 0 Å². The van der Waals surface area contributed by atoms with Crippen molar-refractivity contribution in [2.45, 2.75) is 64.2 Å². The van der Waals surface area contributed by atoms with Gasteiger partial charge in [-0.2, -0.15) is 0 Å². The van der Waals surface area contributed by atoms with Gasteiger partial charge in [-0.3, -0.25) is 0 Å². The lowest BCUT2D eigenvalue weighted by Crippen LogP contribution is -2.49. The highest BCUT2D eigenvalue weighted by atomic mass is 15.0. The molecule has 54 heavy (non-hydrogen) atoms. The number of rotatable bonds is 3. The van der Waals surface area contributed by atoms with Gasteiger partial charge < -0.3 is 0 Å². The topological polar surface area (TPSA) is 38.7 Å². The van der Waals surface area contributed by atoms with E-state index in [0.29, 0.717) is 17.7 Å². The molecule has 1 heterocycles. The summed E-state index contributed by atoms with van der Waals surface area (Å²) in [5, 5.41) is 2.77. The highest BCUT2D eigenvalue weighted by Gasteiger charge is 2.57. The van der Waals surface area contributed by atoms with Crippen LogP contribution in [-0.2, 0) is 10.8 Å². The molecule has 0 amide bonds. The lowest BCUT2D eigenvalue weighted by atomic mass is 9.49. The minimum Gasteiger partial charge on any atom is -0.208 e. The van der Waals surface area contributed by atoms with Crippen molar-refractivity contribution in [3.05, 3.63) is 150 Å². The van der Waals surface area contributed by atoms with Crippen LogP contribution < -0.4 is 0 Å². The summed E-state index contributed by atoms with van der Waals surface area (Å²) in [6.07, 6.45) is 5.30. The largest absolute Gasteiger partial charge is 0.208 e. The molecule has 5 atom stereocenters. The SMILES string of the molecule is CC1CC2CC(C)C3(c4ccc(-c5nc(-c6ccccc6)nc(-c6cccc7c6-c6ccccc6C7(C)C)n5)cc4-c4ccc5ccccc5c43)C(C1)C2. The summed E-state index contributed by atoms with van der Waals surface area (Å²) in [6, 6.07) is 46.9. The Bertz CT molecular complexity index is 2650. The highest BCUT2D eigenvalue weighted by Crippen LogP contribution is 2.66. The molecule has 0 N–H and O–H groups in total. The molecular formula is C51H45N3. The number of aromatic nitrogens is 3. The van der Waals surface area contributed by atoms with Gasteiger partial charge in [0.1, 0.15) is 0 Å².